The van der Waals surface area contributed by atoms with Crippen LogP contribution in [0.15, 0.2) is 30.5 Å². The maximum Gasteiger partial charge on any atom is 0.213 e. The zero-order chi connectivity index (χ0) is 12.4. The van der Waals surface area contributed by atoms with Crippen molar-refractivity contribution >= 4 is 5.78 Å². The van der Waals surface area contributed by atoms with Crippen molar-refractivity contribution in [1.82, 2.24) is 4.98 Å². The van der Waals surface area contributed by atoms with Gasteiger partial charge in [0.2, 0.25) is 5.78 Å². The number of aromatic amines is 1. The molecule has 0 aliphatic heterocycles. The summed E-state index contributed by atoms with van der Waals surface area (Å²) in [7, 11) is 1.22. The zero-order valence-electron chi connectivity index (χ0n) is 8.96. The molecule has 0 saturated carbocycles. The fraction of sp³-hybridized carbons (Fsp3) is 0.0833. The van der Waals surface area contributed by atoms with Gasteiger partial charge in [0.15, 0.2) is 11.6 Å². The summed E-state index contributed by atoms with van der Waals surface area (Å²) in [5.41, 5.74) is 0.0979. The molecule has 0 saturated heterocycles. The quantitative estimate of drug-likeness (QED) is 0.833. The van der Waals surface area contributed by atoms with Crippen molar-refractivity contribution in [3.63, 3.8) is 0 Å². The molecule has 0 unspecified atom stereocenters. The molecule has 0 bridgehead atoms. The number of nitrogens with one attached hydrogen (secondary N) is 1. The van der Waals surface area contributed by atoms with E-state index in [0.29, 0.717) is 6.07 Å². The Hall–Kier alpha value is -2.17. The number of carbonyl (C=O) groups is 1. The number of rotatable bonds is 3. The maximum absolute atomic E-state index is 13.4. The summed E-state index contributed by atoms with van der Waals surface area (Å²) in [5.74, 6) is -2.50. The first-order chi connectivity index (χ1) is 8.13. The number of carbonyl (C=O) groups excluding carboxylic acids is 1. The molecule has 1 N–H and O–H groups in total. The number of aromatic nitrogens is 1. The van der Waals surface area contributed by atoms with Crippen LogP contribution in [0.25, 0.3) is 0 Å². The van der Waals surface area contributed by atoms with Crippen LogP contribution >= 0.6 is 0 Å². The van der Waals surface area contributed by atoms with Crippen LogP contribution in [-0.4, -0.2) is 17.9 Å². The Morgan fingerprint density at radius 2 is 2.12 bits per heavy atom. The van der Waals surface area contributed by atoms with Crippen LogP contribution in [0.1, 0.15) is 16.1 Å². The van der Waals surface area contributed by atoms with E-state index in [4.69, 9.17) is 4.74 Å². The average Bonchev–Trinajstić information content (AvgIpc) is 2.80. The van der Waals surface area contributed by atoms with Crippen LogP contribution in [0, 0.1) is 11.6 Å². The average molecular weight is 237 g/mol. The lowest BCUT2D eigenvalue weighted by Gasteiger charge is -2.08. The topological polar surface area (TPSA) is 42.1 Å². The Morgan fingerprint density at radius 3 is 2.71 bits per heavy atom. The highest BCUT2D eigenvalue weighted by molar-refractivity contribution is 6.09. The van der Waals surface area contributed by atoms with Crippen molar-refractivity contribution < 1.29 is 18.3 Å². The van der Waals surface area contributed by atoms with E-state index in [2.05, 4.69) is 4.98 Å². The number of halogens is 2. The summed E-state index contributed by atoms with van der Waals surface area (Å²) in [6.45, 7) is 0. The number of H-pyrrole nitrogens is 1. The first-order valence-corrected chi connectivity index (χ1v) is 4.84. The van der Waals surface area contributed by atoms with Gasteiger partial charge in [-0.05, 0) is 18.2 Å². The molecule has 2 aromatic rings. The standard InChI is InChI=1S/C12H9F2NO2/c1-17-12-8(5-7(13)6-9(12)14)11(16)10-3-2-4-15-10/h2-6,15H,1H3. The van der Waals surface area contributed by atoms with Gasteiger partial charge >= 0.3 is 0 Å². The monoisotopic (exact) mass is 237 g/mol. The van der Waals surface area contributed by atoms with Gasteiger partial charge in [0.05, 0.1) is 18.4 Å². The highest BCUT2D eigenvalue weighted by Crippen LogP contribution is 2.25. The molecule has 17 heavy (non-hydrogen) atoms. The molecular weight excluding hydrogens is 228 g/mol. The lowest BCUT2D eigenvalue weighted by atomic mass is 10.1. The number of hydrogen-bond acceptors (Lipinski definition) is 2. The highest BCUT2D eigenvalue weighted by Gasteiger charge is 2.19. The first kappa shape index (κ1) is 11.3. The summed E-state index contributed by atoms with van der Waals surface area (Å²) in [4.78, 5) is 14.6. The van der Waals surface area contributed by atoms with Crippen LogP contribution in [0.2, 0.25) is 0 Å². The molecule has 1 aromatic heterocycles. The van der Waals surface area contributed by atoms with Crippen LogP contribution in [0.5, 0.6) is 5.75 Å². The molecule has 0 spiro atoms. The third kappa shape index (κ3) is 2.04. The van der Waals surface area contributed by atoms with Gasteiger partial charge in [-0.2, -0.15) is 0 Å². The van der Waals surface area contributed by atoms with E-state index in [1.165, 1.54) is 13.2 Å². The molecule has 3 nitrogen and oxygen atoms in total. The lowest BCUT2D eigenvalue weighted by Crippen LogP contribution is -2.06. The molecule has 0 aliphatic rings. The second-order valence-electron chi connectivity index (χ2n) is 3.38. The lowest BCUT2D eigenvalue weighted by molar-refractivity contribution is 0.103. The first-order valence-electron chi connectivity index (χ1n) is 4.84. The van der Waals surface area contributed by atoms with Gasteiger partial charge in [-0.3, -0.25) is 4.79 Å². The van der Waals surface area contributed by atoms with Crippen molar-refractivity contribution in [1.29, 1.82) is 0 Å². The van der Waals surface area contributed by atoms with Crippen molar-refractivity contribution in [3.8, 4) is 5.75 Å². The minimum atomic E-state index is -0.901. The van der Waals surface area contributed by atoms with Crippen LogP contribution < -0.4 is 4.74 Å². The summed E-state index contributed by atoms with van der Waals surface area (Å²) >= 11 is 0. The fourth-order valence-electron chi connectivity index (χ4n) is 1.55. The summed E-state index contributed by atoms with van der Waals surface area (Å²) in [6, 6.07) is 4.76. The SMILES string of the molecule is COc1c(F)cc(F)cc1C(=O)c1ccc[nH]1. The predicted octanol–water partition coefficient (Wildman–Crippen LogP) is 2.53. The minimum Gasteiger partial charge on any atom is -0.493 e. The number of hydrogen-bond donors (Lipinski definition) is 1. The molecule has 5 heteroatoms. The smallest absolute Gasteiger partial charge is 0.213 e. The van der Waals surface area contributed by atoms with Crippen molar-refractivity contribution in [3.05, 3.63) is 53.4 Å². The second kappa shape index (κ2) is 4.37. The molecule has 0 aliphatic carbocycles. The molecular formula is C12H9F2NO2. The van der Waals surface area contributed by atoms with E-state index in [1.807, 2.05) is 0 Å². The second-order valence-corrected chi connectivity index (χ2v) is 3.38. The van der Waals surface area contributed by atoms with Crippen LogP contribution in [-0.2, 0) is 0 Å². The van der Waals surface area contributed by atoms with Gasteiger partial charge < -0.3 is 9.72 Å². The van der Waals surface area contributed by atoms with Crippen LogP contribution in [0.3, 0.4) is 0 Å². The number of methoxy groups -OCH3 is 1. The third-order valence-corrected chi connectivity index (χ3v) is 2.30. The van der Waals surface area contributed by atoms with Crippen molar-refractivity contribution in [2.75, 3.05) is 7.11 Å². The maximum atomic E-state index is 13.4. The highest BCUT2D eigenvalue weighted by atomic mass is 19.1. The molecule has 88 valence electrons. The number of benzene rings is 1. The summed E-state index contributed by atoms with van der Waals surface area (Å²) in [6.07, 6.45) is 1.55. The molecule has 1 aromatic carbocycles. The number of ether oxygens (including phenoxy) is 1. The molecule has 1 heterocycles. The minimum absolute atomic E-state index is 0.146. The van der Waals surface area contributed by atoms with Gasteiger partial charge in [0.1, 0.15) is 5.82 Å². The van der Waals surface area contributed by atoms with Gasteiger partial charge in [0, 0.05) is 12.3 Å². The zero-order valence-corrected chi connectivity index (χ0v) is 8.96. The van der Waals surface area contributed by atoms with Crippen molar-refractivity contribution in [2.45, 2.75) is 0 Å². The third-order valence-electron chi connectivity index (χ3n) is 2.30. The van der Waals surface area contributed by atoms with Gasteiger partial charge in [-0.25, -0.2) is 8.78 Å². The molecule has 0 amide bonds. The van der Waals surface area contributed by atoms with Gasteiger partial charge in [-0.1, -0.05) is 0 Å². The van der Waals surface area contributed by atoms with Gasteiger partial charge in [0.25, 0.3) is 0 Å². The Morgan fingerprint density at radius 1 is 1.35 bits per heavy atom. The van der Waals surface area contributed by atoms with E-state index < -0.39 is 17.4 Å². The van der Waals surface area contributed by atoms with Crippen molar-refractivity contribution in [2.24, 2.45) is 0 Å². The Labute approximate surface area is 96.0 Å². The summed E-state index contributed by atoms with van der Waals surface area (Å²) in [5, 5.41) is 0. The van der Waals surface area contributed by atoms with E-state index in [-0.39, 0.29) is 17.0 Å². The van der Waals surface area contributed by atoms with E-state index in [1.54, 1.807) is 12.3 Å². The Kier molecular flexibility index (Phi) is 2.91. The summed E-state index contributed by atoms with van der Waals surface area (Å²) < 4.78 is 31.2. The van der Waals surface area contributed by atoms with Crippen LogP contribution in [0.4, 0.5) is 8.78 Å². The van der Waals surface area contributed by atoms with E-state index in [0.717, 1.165) is 6.07 Å². The fourth-order valence-corrected chi connectivity index (χ4v) is 1.55. The van der Waals surface area contributed by atoms with E-state index in [9.17, 15) is 13.6 Å². The largest absolute Gasteiger partial charge is 0.493 e. The predicted molar refractivity (Wildman–Crippen MR) is 57.1 cm³/mol. The van der Waals surface area contributed by atoms with E-state index >= 15 is 0 Å². The molecule has 2 rings (SSSR count). The van der Waals surface area contributed by atoms with Gasteiger partial charge in [-0.15, -0.1) is 0 Å². The Balaban J connectivity index is 2.55. The molecule has 0 fully saturated rings. The molecule has 0 atom stereocenters. The molecule has 0 radical (unpaired) electrons. The normalized spacial score (nSPS) is 10.3. The Bertz CT molecular complexity index is 550. The number of ketones is 1.